The summed E-state index contributed by atoms with van der Waals surface area (Å²) in [6, 6.07) is 12.6. The Bertz CT molecular complexity index is 1230. The number of furan rings is 1. The molecule has 9 nitrogen and oxygen atoms in total. The summed E-state index contributed by atoms with van der Waals surface area (Å²) < 4.78 is 23.6. The van der Waals surface area contributed by atoms with Crippen molar-refractivity contribution in [3.8, 4) is 0 Å². The number of hydrogen-bond acceptors (Lipinski definition) is 6. The molecule has 1 atom stereocenters. The molecule has 2 heterocycles. The van der Waals surface area contributed by atoms with Gasteiger partial charge < -0.3 is 19.4 Å². The van der Waals surface area contributed by atoms with Crippen molar-refractivity contribution in [3.63, 3.8) is 0 Å². The Labute approximate surface area is 200 Å². The van der Waals surface area contributed by atoms with E-state index >= 15 is 0 Å². The number of carbonyl (C=O) groups is 4. The molecular weight excluding hydrogens is 457 g/mol. The van der Waals surface area contributed by atoms with E-state index < -0.39 is 35.7 Å². The minimum atomic E-state index is -1.10. The summed E-state index contributed by atoms with van der Waals surface area (Å²) in [6.45, 7) is 1.92. The zero-order chi connectivity index (χ0) is 24.9. The molecule has 180 valence electrons. The van der Waals surface area contributed by atoms with Crippen LogP contribution >= 0.6 is 0 Å². The maximum absolute atomic E-state index is 13.4. The number of halogens is 1. The second-order valence-electron chi connectivity index (χ2n) is 7.71. The molecular formula is C25H22FN3O6. The summed E-state index contributed by atoms with van der Waals surface area (Å²) in [7, 11) is 0. The maximum Gasteiger partial charge on any atom is 0.338 e. The second kappa shape index (κ2) is 10.2. The van der Waals surface area contributed by atoms with Gasteiger partial charge in [-0.2, -0.15) is 0 Å². The zero-order valence-corrected chi connectivity index (χ0v) is 18.8. The van der Waals surface area contributed by atoms with Crippen LogP contribution in [0.1, 0.15) is 29.5 Å². The molecule has 0 unspecified atom stereocenters. The minimum Gasteiger partial charge on any atom is -0.467 e. The summed E-state index contributed by atoms with van der Waals surface area (Å²) in [6.07, 6.45) is 1.12. The van der Waals surface area contributed by atoms with Gasteiger partial charge in [0, 0.05) is 5.69 Å². The zero-order valence-electron chi connectivity index (χ0n) is 18.8. The van der Waals surface area contributed by atoms with E-state index in [0.29, 0.717) is 17.0 Å². The van der Waals surface area contributed by atoms with Crippen LogP contribution in [0.4, 0.5) is 20.6 Å². The fraction of sp³-hybridized carbons (Fsp3) is 0.200. The number of nitrogens with one attached hydrogen (secondary N) is 1. The Balaban J connectivity index is 1.51. The summed E-state index contributed by atoms with van der Waals surface area (Å²) in [5, 5.41) is 2.67. The van der Waals surface area contributed by atoms with Crippen LogP contribution in [0.3, 0.4) is 0 Å². The van der Waals surface area contributed by atoms with Crippen LogP contribution in [-0.2, 0) is 20.9 Å². The fourth-order valence-electron chi connectivity index (χ4n) is 3.70. The largest absolute Gasteiger partial charge is 0.467 e. The van der Waals surface area contributed by atoms with Gasteiger partial charge in [0.15, 0.2) is 0 Å². The lowest BCUT2D eigenvalue weighted by atomic mass is 10.1. The van der Waals surface area contributed by atoms with Gasteiger partial charge >= 0.3 is 12.0 Å². The molecule has 0 bridgehead atoms. The smallest absolute Gasteiger partial charge is 0.338 e. The number of anilines is 2. The van der Waals surface area contributed by atoms with Gasteiger partial charge in [0.2, 0.25) is 5.91 Å². The van der Waals surface area contributed by atoms with E-state index in [1.165, 1.54) is 47.6 Å². The molecule has 0 saturated carbocycles. The highest BCUT2D eigenvalue weighted by Crippen LogP contribution is 2.29. The number of ether oxygens (including phenoxy) is 1. The SMILES string of the molecule is CCOC(=O)c1ccc(NC(=O)C[C@@H]2C(=O)N(c3ccc(F)cc3)C(=O)N2Cc2ccco2)cc1. The lowest BCUT2D eigenvalue weighted by Crippen LogP contribution is -2.37. The molecule has 1 saturated heterocycles. The van der Waals surface area contributed by atoms with Crippen LogP contribution in [-0.4, -0.2) is 41.4 Å². The topological polar surface area (TPSA) is 109 Å². The monoisotopic (exact) mass is 479 g/mol. The van der Waals surface area contributed by atoms with E-state index in [1.807, 2.05) is 0 Å². The van der Waals surface area contributed by atoms with Crippen molar-refractivity contribution in [2.75, 3.05) is 16.8 Å². The third-order valence-electron chi connectivity index (χ3n) is 5.37. The molecule has 4 rings (SSSR count). The van der Waals surface area contributed by atoms with Crippen LogP contribution in [0.25, 0.3) is 0 Å². The Kier molecular flexibility index (Phi) is 6.91. The summed E-state index contributed by atoms with van der Waals surface area (Å²) in [4.78, 5) is 53.1. The molecule has 1 aliphatic heterocycles. The Morgan fingerprint density at radius 3 is 2.40 bits per heavy atom. The first-order valence-electron chi connectivity index (χ1n) is 10.9. The van der Waals surface area contributed by atoms with E-state index in [9.17, 15) is 23.6 Å². The van der Waals surface area contributed by atoms with Crippen molar-refractivity contribution in [3.05, 3.63) is 84.1 Å². The summed E-state index contributed by atoms with van der Waals surface area (Å²) in [5.74, 6) is -1.67. The van der Waals surface area contributed by atoms with Crippen molar-refractivity contribution in [1.29, 1.82) is 0 Å². The standard InChI is InChI=1S/C25H22FN3O6/c1-2-34-24(32)16-5-9-18(10-6-16)27-22(30)14-21-23(31)29(19-11-7-17(26)8-12-19)25(33)28(21)15-20-4-3-13-35-20/h3-13,21H,2,14-15H2,1H3,(H,27,30)/t21-/m1/s1. The molecule has 0 radical (unpaired) electrons. The number of esters is 1. The second-order valence-corrected chi connectivity index (χ2v) is 7.71. The summed E-state index contributed by atoms with van der Waals surface area (Å²) in [5.41, 5.74) is 0.942. The van der Waals surface area contributed by atoms with Gasteiger partial charge in [-0.15, -0.1) is 0 Å². The van der Waals surface area contributed by atoms with Crippen LogP contribution in [0, 0.1) is 5.82 Å². The molecule has 1 fully saturated rings. The van der Waals surface area contributed by atoms with Crippen molar-refractivity contribution in [2.45, 2.75) is 25.9 Å². The minimum absolute atomic E-state index is 0.0263. The van der Waals surface area contributed by atoms with Gasteiger partial charge in [-0.3, -0.25) is 9.59 Å². The summed E-state index contributed by atoms with van der Waals surface area (Å²) >= 11 is 0. The number of rotatable bonds is 8. The van der Waals surface area contributed by atoms with Gasteiger partial charge in [-0.25, -0.2) is 18.9 Å². The number of nitrogens with zero attached hydrogens (tertiary/aromatic N) is 2. The normalized spacial score (nSPS) is 15.4. The average molecular weight is 479 g/mol. The van der Waals surface area contributed by atoms with E-state index in [1.54, 1.807) is 19.1 Å². The van der Waals surface area contributed by atoms with Gasteiger partial charge in [0.25, 0.3) is 5.91 Å². The third kappa shape index (κ3) is 5.21. The first-order valence-corrected chi connectivity index (χ1v) is 10.9. The predicted octanol–water partition coefficient (Wildman–Crippen LogP) is 3.96. The average Bonchev–Trinajstić information content (AvgIpc) is 3.43. The number of hydrogen-bond donors (Lipinski definition) is 1. The van der Waals surface area contributed by atoms with E-state index in [-0.39, 0.29) is 25.3 Å². The Morgan fingerprint density at radius 2 is 1.77 bits per heavy atom. The van der Waals surface area contributed by atoms with Gasteiger partial charge in [0.05, 0.1) is 37.1 Å². The first-order chi connectivity index (χ1) is 16.9. The van der Waals surface area contributed by atoms with Gasteiger partial charge in [-0.1, -0.05) is 0 Å². The lowest BCUT2D eigenvalue weighted by Gasteiger charge is -2.20. The molecule has 3 aromatic rings. The molecule has 1 aliphatic rings. The van der Waals surface area contributed by atoms with E-state index in [4.69, 9.17) is 9.15 Å². The van der Waals surface area contributed by atoms with E-state index in [2.05, 4.69) is 5.32 Å². The molecule has 0 aliphatic carbocycles. The maximum atomic E-state index is 13.4. The Morgan fingerprint density at radius 1 is 1.06 bits per heavy atom. The molecule has 1 N–H and O–H groups in total. The number of imide groups is 1. The molecule has 35 heavy (non-hydrogen) atoms. The highest BCUT2D eigenvalue weighted by atomic mass is 19.1. The highest BCUT2D eigenvalue weighted by Gasteiger charge is 2.47. The van der Waals surface area contributed by atoms with Crippen LogP contribution in [0.2, 0.25) is 0 Å². The molecule has 0 spiro atoms. The number of carbonyl (C=O) groups excluding carboxylic acids is 4. The van der Waals surface area contributed by atoms with Crippen LogP contribution in [0.15, 0.2) is 71.3 Å². The molecule has 10 heteroatoms. The van der Waals surface area contributed by atoms with Gasteiger partial charge in [0.1, 0.15) is 17.6 Å². The highest BCUT2D eigenvalue weighted by molar-refractivity contribution is 6.22. The Hall–Kier alpha value is -4.47. The van der Waals surface area contributed by atoms with Gasteiger partial charge in [-0.05, 0) is 67.6 Å². The lowest BCUT2D eigenvalue weighted by molar-refractivity contribution is -0.124. The molecule has 1 aromatic heterocycles. The number of urea groups is 1. The van der Waals surface area contributed by atoms with Crippen molar-refractivity contribution in [2.24, 2.45) is 0 Å². The van der Waals surface area contributed by atoms with E-state index in [0.717, 1.165) is 17.0 Å². The quantitative estimate of drug-likeness (QED) is 0.387. The molecule has 2 aromatic carbocycles. The van der Waals surface area contributed by atoms with Crippen molar-refractivity contribution in [1.82, 2.24) is 4.90 Å². The number of benzene rings is 2. The number of amides is 4. The van der Waals surface area contributed by atoms with Crippen LogP contribution in [0.5, 0.6) is 0 Å². The third-order valence-corrected chi connectivity index (χ3v) is 5.37. The van der Waals surface area contributed by atoms with Crippen LogP contribution < -0.4 is 10.2 Å². The van der Waals surface area contributed by atoms with Crippen molar-refractivity contribution >= 4 is 35.2 Å². The molecule has 4 amide bonds. The fourth-order valence-corrected chi connectivity index (χ4v) is 3.70. The predicted molar refractivity (Wildman–Crippen MR) is 123 cm³/mol. The first kappa shape index (κ1) is 23.7. The van der Waals surface area contributed by atoms with Crippen molar-refractivity contribution < 1.29 is 32.7 Å².